The van der Waals surface area contributed by atoms with Gasteiger partial charge in [-0.25, -0.2) is 13.1 Å². The Hall–Kier alpha value is -1.68. The molecule has 0 radical (unpaired) electrons. The Morgan fingerprint density at radius 2 is 2.04 bits per heavy atom. The van der Waals surface area contributed by atoms with Gasteiger partial charge in [-0.15, -0.1) is 0 Å². The van der Waals surface area contributed by atoms with E-state index in [2.05, 4.69) is 20.3 Å². The molecule has 2 fully saturated rings. The summed E-state index contributed by atoms with van der Waals surface area (Å²) < 4.78 is 32.8. The predicted molar refractivity (Wildman–Crippen MR) is 98.0 cm³/mol. The fourth-order valence-corrected chi connectivity index (χ4v) is 4.38. The van der Waals surface area contributed by atoms with Crippen molar-refractivity contribution < 1.29 is 17.9 Å². The molecule has 9 heteroatoms. The van der Waals surface area contributed by atoms with Crippen LogP contribution < -0.4 is 20.1 Å². The maximum atomic E-state index is 12.5. The van der Waals surface area contributed by atoms with Crippen LogP contribution >= 0.6 is 0 Å². The molecule has 1 aliphatic carbocycles. The number of nitrogens with one attached hydrogen (secondary N) is 3. The van der Waals surface area contributed by atoms with E-state index in [0.29, 0.717) is 12.1 Å². The molecule has 1 saturated carbocycles. The molecule has 144 valence electrons. The van der Waals surface area contributed by atoms with Crippen LogP contribution in [0.4, 0.5) is 0 Å². The quantitative estimate of drug-likeness (QED) is 0.574. The number of sulfonamides is 1. The minimum atomic E-state index is -3.70. The molecule has 1 heterocycles. The molecule has 0 unspecified atom stereocenters. The van der Waals surface area contributed by atoms with Crippen molar-refractivity contribution >= 4 is 15.9 Å². The second kappa shape index (κ2) is 8.34. The lowest BCUT2D eigenvalue weighted by molar-refractivity contribution is 0.0947. The molecule has 1 saturated heterocycles. The lowest BCUT2D eigenvalue weighted by Gasteiger charge is -2.27. The Bertz CT molecular complexity index is 743. The van der Waals surface area contributed by atoms with E-state index in [1.54, 1.807) is 6.07 Å². The Kier molecular flexibility index (Phi) is 6.13. The number of amides is 1. The molecule has 0 spiro atoms. The van der Waals surface area contributed by atoms with Crippen molar-refractivity contribution in [1.29, 1.82) is 0 Å². The van der Waals surface area contributed by atoms with Crippen LogP contribution in [0.15, 0.2) is 23.1 Å². The highest BCUT2D eigenvalue weighted by Crippen LogP contribution is 2.28. The fourth-order valence-electron chi connectivity index (χ4n) is 2.88. The summed E-state index contributed by atoms with van der Waals surface area (Å²) in [5.74, 6) is -0.0545. The molecule has 1 aromatic carbocycles. The first-order valence-electron chi connectivity index (χ1n) is 8.91. The number of ether oxygens (including phenoxy) is 1. The third kappa shape index (κ3) is 4.94. The fraction of sp³-hybridized carbons (Fsp3) is 0.588. The summed E-state index contributed by atoms with van der Waals surface area (Å²) in [5.41, 5.74) is 0.308. The molecular formula is C17H26N4O4S. The standard InChI is InChI=1S/C17H26N4O4S/c1-25-15-5-2-13(12-16(15)26(23,24)20-14-3-4-14)17(22)19-8-11-21-9-6-18-7-10-21/h2,5,12,14,18,20H,3-4,6-11H2,1H3,(H,19,22). The van der Waals surface area contributed by atoms with Gasteiger partial charge in [0.25, 0.3) is 5.91 Å². The third-order valence-corrected chi connectivity index (χ3v) is 6.08. The van der Waals surface area contributed by atoms with Gasteiger partial charge in [0.05, 0.1) is 7.11 Å². The van der Waals surface area contributed by atoms with Gasteiger partial charge in [-0.1, -0.05) is 0 Å². The summed E-state index contributed by atoms with van der Waals surface area (Å²) >= 11 is 0. The third-order valence-electron chi connectivity index (χ3n) is 4.54. The number of carbonyl (C=O) groups excluding carboxylic acids is 1. The van der Waals surface area contributed by atoms with Crippen molar-refractivity contribution in [2.45, 2.75) is 23.8 Å². The van der Waals surface area contributed by atoms with Gasteiger partial charge in [0.15, 0.2) is 0 Å². The number of carbonyl (C=O) groups is 1. The van der Waals surface area contributed by atoms with Crippen molar-refractivity contribution in [1.82, 2.24) is 20.3 Å². The summed E-state index contributed by atoms with van der Waals surface area (Å²) in [5, 5.41) is 6.14. The normalized spacial score (nSPS) is 18.5. The first-order chi connectivity index (χ1) is 12.5. The van der Waals surface area contributed by atoms with Gasteiger partial charge in [0, 0.05) is 50.9 Å². The zero-order chi connectivity index (χ0) is 18.6. The highest BCUT2D eigenvalue weighted by molar-refractivity contribution is 7.89. The number of hydrogen-bond donors (Lipinski definition) is 3. The van der Waals surface area contributed by atoms with Crippen molar-refractivity contribution in [3.8, 4) is 5.75 Å². The summed E-state index contributed by atoms with van der Waals surface area (Å²) in [7, 11) is -2.29. The van der Waals surface area contributed by atoms with Crippen LogP contribution in [0.1, 0.15) is 23.2 Å². The molecular weight excluding hydrogens is 356 g/mol. The number of rotatable bonds is 8. The van der Waals surface area contributed by atoms with E-state index in [9.17, 15) is 13.2 Å². The average molecular weight is 382 g/mol. The number of piperazine rings is 1. The van der Waals surface area contributed by atoms with Crippen molar-refractivity contribution in [3.63, 3.8) is 0 Å². The minimum Gasteiger partial charge on any atom is -0.495 e. The van der Waals surface area contributed by atoms with Crippen molar-refractivity contribution in [2.24, 2.45) is 0 Å². The van der Waals surface area contributed by atoms with Gasteiger partial charge in [0.2, 0.25) is 10.0 Å². The van der Waals surface area contributed by atoms with Crippen LogP contribution in [0.25, 0.3) is 0 Å². The smallest absolute Gasteiger partial charge is 0.251 e. The lowest BCUT2D eigenvalue weighted by atomic mass is 10.2. The SMILES string of the molecule is COc1ccc(C(=O)NCCN2CCNCC2)cc1S(=O)(=O)NC1CC1. The molecule has 0 bridgehead atoms. The van der Waals surface area contributed by atoms with Gasteiger partial charge in [0.1, 0.15) is 10.6 Å². The molecule has 1 aliphatic heterocycles. The van der Waals surface area contributed by atoms with Gasteiger partial charge in [-0.2, -0.15) is 0 Å². The van der Waals surface area contributed by atoms with Crippen LogP contribution in [-0.2, 0) is 10.0 Å². The summed E-state index contributed by atoms with van der Waals surface area (Å²) in [6.07, 6.45) is 1.68. The minimum absolute atomic E-state index is 0.00153. The van der Waals surface area contributed by atoms with Crippen molar-refractivity contribution in [3.05, 3.63) is 23.8 Å². The van der Waals surface area contributed by atoms with Gasteiger partial charge in [-0.05, 0) is 31.0 Å². The second-order valence-electron chi connectivity index (χ2n) is 6.61. The highest BCUT2D eigenvalue weighted by Gasteiger charge is 2.30. The Morgan fingerprint density at radius 3 is 2.69 bits per heavy atom. The predicted octanol–water partition coefficient (Wildman–Crippen LogP) is -0.229. The monoisotopic (exact) mass is 382 g/mol. The molecule has 8 nitrogen and oxygen atoms in total. The maximum Gasteiger partial charge on any atom is 0.251 e. The van der Waals surface area contributed by atoms with Gasteiger partial charge < -0.3 is 15.4 Å². The van der Waals surface area contributed by atoms with Crippen LogP contribution in [0.3, 0.4) is 0 Å². The van der Waals surface area contributed by atoms with Crippen LogP contribution in [0, 0.1) is 0 Å². The Balaban J connectivity index is 1.65. The number of methoxy groups -OCH3 is 1. The number of nitrogens with zero attached hydrogens (tertiary/aromatic N) is 1. The van der Waals surface area contributed by atoms with E-state index in [4.69, 9.17) is 4.74 Å². The summed E-state index contributed by atoms with van der Waals surface area (Å²) in [6.45, 7) is 5.15. The van der Waals surface area contributed by atoms with E-state index < -0.39 is 10.0 Å². The van der Waals surface area contributed by atoms with Crippen molar-refractivity contribution in [2.75, 3.05) is 46.4 Å². The second-order valence-corrected chi connectivity index (χ2v) is 8.29. The van der Waals surface area contributed by atoms with Crippen LogP contribution in [0.5, 0.6) is 5.75 Å². The number of benzene rings is 1. The first kappa shape index (κ1) is 19.1. The zero-order valence-electron chi connectivity index (χ0n) is 15.0. The lowest BCUT2D eigenvalue weighted by Crippen LogP contribution is -2.46. The first-order valence-corrected chi connectivity index (χ1v) is 10.4. The zero-order valence-corrected chi connectivity index (χ0v) is 15.8. The molecule has 0 atom stereocenters. The van der Waals surface area contributed by atoms with Gasteiger partial charge >= 0.3 is 0 Å². The van der Waals surface area contributed by atoms with E-state index in [1.807, 2.05) is 0 Å². The number of hydrogen-bond acceptors (Lipinski definition) is 6. The highest BCUT2D eigenvalue weighted by atomic mass is 32.2. The van der Waals surface area contributed by atoms with Crippen LogP contribution in [-0.4, -0.2) is 71.6 Å². The molecule has 26 heavy (non-hydrogen) atoms. The molecule has 2 aliphatic rings. The molecule has 0 aromatic heterocycles. The molecule has 3 rings (SSSR count). The topological polar surface area (TPSA) is 99.8 Å². The summed E-state index contributed by atoms with van der Waals surface area (Å²) in [4.78, 5) is 14.7. The Morgan fingerprint density at radius 1 is 1.31 bits per heavy atom. The van der Waals surface area contributed by atoms with E-state index in [0.717, 1.165) is 45.6 Å². The molecule has 1 aromatic rings. The van der Waals surface area contributed by atoms with E-state index in [-0.39, 0.29) is 22.6 Å². The maximum absolute atomic E-state index is 12.5. The summed E-state index contributed by atoms with van der Waals surface area (Å²) in [6, 6.07) is 4.46. The van der Waals surface area contributed by atoms with Gasteiger partial charge in [-0.3, -0.25) is 9.69 Å². The molecule has 3 N–H and O–H groups in total. The molecule has 1 amide bonds. The van der Waals surface area contributed by atoms with E-state index in [1.165, 1.54) is 19.2 Å². The Labute approximate surface area is 154 Å². The van der Waals surface area contributed by atoms with E-state index >= 15 is 0 Å². The average Bonchev–Trinajstić information content (AvgIpc) is 3.45. The van der Waals surface area contributed by atoms with Crippen LogP contribution in [0.2, 0.25) is 0 Å². The largest absolute Gasteiger partial charge is 0.495 e.